The van der Waals surface area contributed by atoms with Gasteiger partial charge in [-0.1, -0.05) is 13.8 Å². The minimum atomic E-state index is -0.334. The van der Waals surface area contributed by atoms with Crippen molar-refractivity contribution in [3.63, 3.8) is 0 Å². The summed E-state index contributed by atoms with van der Waals surface area (Å²) in [5.74, 6) is -0.334. The fraction of sp³-hybridized carbons (Fsp3) is 0.643. The minimum absolute atomic E-state index is 0.210. The summed E-state index contributed by atoms with van der Waals surface area (Å²) >= 11 is 0. The van der Waals surface area contributed by atoms with E-state index in [-0.39, 0.29) is 11.4 Å². The van der Waals surface area contributed by atoms with E-state index in [9.17, 15) is 4.79 Å². The maximum Gasteiger partial charge on any atom is 0.354 e. The van der Waals surface area contributed by atoms with Crippen LogP contribution < -0.4 is 5.32 Å². The molecule has 0 atom stereocenters. The van der Waals surface area contributed by atoms with Crippen molar-refractivity contribution in [3.05, 3.63) is 23.5 Å². The van der Waals surface area contributed by atoms with Crippen LogP contribution in [0.5, 0.6) is 0 Å². The van der Waals surface area contributed by atoms with Gasteiger partial charge in [0.05, 0.1) is 7.11 Å². The van der Waals surface area contributed by atoms with Crippen LogP contribution in [-0.2, 0) is 11.3 Å². The first-order chi connectivity index (χ1) is 8.84. The van der Waals surface area contributed by atoms with Crippen molar-refractivity contribution in [1.82, 2.24) is 15.2 Å². The summed E-state index contributed by atoms with van der Waals surface area (Å²) in [6, 6.07) is 3.64. The van der Waals surface area contributed by atoms with Crippen LogP contribution in [0.25, 0.3) is 0 Å². The molecule has 0 aliphatic rings. The van der Waals surface area contributed by atoms with Gasteiger partial charge in [-0.15, -0.1) is 0 Å². The molecule has 0 aliphatic heterocycles. The second-order valence-corrected chi connectivity index (χ2v) is 5.89. The van der Waals surface area contributed by atoms with Crippen LogP contribution in [0.1, 0.15) is 30.0 Å². The first kappa shape index (κ1) is 15.7. The average Bonchev–Trinajstić information content (AvgIpc) is 2.74. The van der Waals surface area contributed by atoms with Gasteiger partial charge in [0.25, 0.3) is 0 Å². The molecule has 2 N–H and O–H groups in total. The first-order valence-corrected chi connectivity index (χ1v) is 6.46. The number of esters is 1. The maximum absolute atomic E-state index is 11.3. The Morgan fingerprint density at radius 2 is 2.11 bits per heavy atom. The van der Waals surface area contributed by atoms with Gasteiger partial charge >= 0.3 is 5.97 Å². The fourth-order valence-corrected chi connectivity index (χ4v) is 2.22. The summed E-state index contributed by atoms with van der Waals surface area (Å²) in [4.78, 5) is 16.5. The second kappa shape index (κ2) is 6.73. The zero-order valence-electron chi connectivity index (χ0n) is 12.5. The van der Waals surface area contributed by atoms with Gasteiger partial charge in [0, 0.05) is 25.3 Å². The molecular weight excluding hydrogens is 242 g/mol. The number of aromatic nitrogens is 1. The Hall–Kier alpha value is -1.33. The Kier molecular flexibility index (Phi) is 5.57. The zero-order chi connectivity index (χ0) is 14.5. The third kappa shape index (κ3) is 5.44. The molecule has 0 unspecified atom stereocenters. The molecule has 1 aromatic rings. The van der Waals surface area contributed by atoms with Gasteiger partial charge in [-0.3, -0.25) is 0 Å². The predicted octanol–water partition coefficient (Wildman–Crippen LogP) is 1.48. The molecule has 0 spiro atoms. The lowest BCUT2D eigenvalue weighted by Gasteiger charge is -2.28. The van der Waals surface area contributed by atoms with E-state index in [4.69, 9.17) is 0 Å². The molecule has 0 saturated heterocycles. The van der Waals surface area contributed by atoms with Gasteiger partial charge in [-0.05, 0) is 31.6 Å². The maximum atomic E-state index is 11.3. The highest BCUT2D eigenvalue weighted by Crippen LogP contribution is 2.14. The standard InChI is InChI=1S/C14H25N3O2/c1-14(2,10-17(3)4)9-15-8-11-6-7-12(16-11)13(18)19-5/h6-7,15-16H,8-10H2,1-5H3. The number of H-pyrrole nitrogens is 1. The molecule has 1 rings (SSSR count). The molecule has 5 heteroatoms. The number of nitrogens with one attached hydrogen (secondary N) is 2. The molecule has 5 nitrogen and oxygen atoms in total. The first-order valence-electron chi connectivity index (χ1n) is 6.46. The zero-order valence-corrected chi connectivity index (χ0v) is 12.5. The summed E-state index contributed by atoms with van der Waals surface area (Å²) in [5.41, 5.74) is 1.69. The van der Waals surface area contributed by atoms with E-state index in [1.165, 1.54) is 7.11 Å². The van der Waals surface area contributed by atoms with Gasteiger partial charge in [-0.2, -0.15) is 0 Å². The Bertz CT molecular complexity index is 411. The van der Waals surface area contributed by atoms with Crippen molar-refractivity contribution in [3.8, 4) is 0 Å². The molecule has 0 aliphatic carbocycles. The SMILES string of the molecule is COC(=O)c1ccc(CNCC(C)(C)CN(C)C)[nH]1. The van der Waals surface area contributed by atoms with Crippen molar-refractivity contribution < 1.29 is 9.53 Å². The number of aromatic amines is 1. The molecule has 0 saturated carbocycles. The van der Waals surface area contributed by atoms with Gasteiger partial charge in [0.15, 0.2) is 0 Å². The lowest BCUT2D eigenvalue weighted by molar-refractivity contribution is 0.0594. The Morgan fingerprint density at radius 1 is 1.42 bits per heavy atom. The molecule has 1 heterocycles. The second-order valence-electron chi connectivity index (χ2n) is 5.89. The normalized spacial score (nSPS) is 11.9. The van der Waals surface area contributed by atoms with E-state index < -0.39 is 0 Å². The summed E-state index contributed by atoms with van der Waals surface area (Å²) in [7, 11) is 5.54. The summed E-state index contributed by atoms with van der Waals surface area (Å²) < 4.78 is 4.66. The third-order valence-corrected chi connectivity index (χ3v) is 2.81. The van der Waals surface area contributed by atoms with Crippen LogP contribution in [0.4, 0.5) is 0 Å². The van der Waals surface area contributed by atoms with Crippen molar-refractivity contribution in [1.29, 1.82) is 0 Å². The fourth-order valence-electron chi connectivity index (χ4n) is 2.22. The van der Waals surface area contributed by atoms with E-state index >= 15 is 0 Å². The highest BCUT2D eigenvalue weighted by molar-refractivity contribution is 5.87. The Morgan fingerprint density at radius 3 is 2.68 bits per heavy atom. The average molecular weight is 267 g/mol. The lowest BCUT2D eigenvalue weighted by atomic mass is 9.93. The molecule has 0 bridgehead atoms. The van der Waals surface area contributed by atoms with Crippen LogP contribution in [-0.4, -0.2) is 50.1 Å². The summed E-state index contributed by atoms with van der Waals surface area (Å²) in [6.07, 6.45) is 0. The van der Waals surface area contributed by atoms with Gasteiger partial charge in [0.2, 0.25) is 0 Å². The molecule has 0 amide bonds. The number of carbonyl (C=O) groups is 1. The molecule has 1 aromatic heterocycles. The monoisotopic (exact) mass is 267 g/mol. The van der Waals surface area contributed by atoms with Gasteiger partial charge in [-0.25, -0.2) is 4.79 Å². The number of hydrogen-bond donors (Lipinski definition) is 2. The Balaban J connectivity index is 2.41. The molecular formula is C14H25N3O2. The van der Waals surface area contributed by atoms with Crippen LogP contribution >= 0.6 is 0 Å². The summed E-state index contributed by atoms with van der Waals surface area (Å²) in [6.45, 7) is 7.12. The smallest absolute Gasteiger partial charge is 0.354 e. The number of methoxy groups -OCH3 is 1. The Labute approximate surface area is 115 Å². The highest BCUT2D eigenvalue weighted by Gasteiger charge is 2.18. The number of rotatable bonds is 7. The number of hydrogen-bond acceptors (Lipinski definition) is 4. The lowest BCUT2D eigenvalue weighted by Crippen LogP contribution is -2.37. The highest BCUT2D eigenvalue weighted by atomic mass is 16.5. The van der Waals surface area contributed by atoms with Gasteiger partial charge < -0.3 is 19.9 Å². The van der Waals surface area contributed by atoms with Crippen molar-refractivity contribution in [2.24, 2.45) is 5.41 Å². The minimum Gasteiger partial charge on any atom is -0.464 e. The van der Waals surface area contributed by atoms with Crippen molar-refractivity contribution in [2.45, 2.75) is 20.4 Å². The van der Waals surface area contributed by atoms with Crippen LogP contribution in [0.15, 0.2) is 12.1 Å². The largest absolute Gasteiger partial charge is 0.464 e. The van der Waals surface area contributed by atoms with Crippen molar-refractivity contribution in [2.75, 3.05) is 34.3 Å². The van der Waals surface area contributed by atoms with E-state index in [1.54, 1.807) is 6.07 Å². The quantitative estimate of drug-likeness (QED) is 0.735. The number of ether oxygens (including phenoxy) is 1. The van der Waals surface area contributed by atoms with E-state index in [0.29, 0.717) is 12.2 Å². The topological polar surface area (TPSA) is 57.4 Å². The number of carbonyl (C=O) groups excluding carboxylic acids is 1. The van der Waals surface area contributed by atoms with E-state index in [0.717, 1.165) is 18.8 Å². The molecule has 0 fully saturated rings. The number of nitrogens with zero attached hydrogens (tertiary/aromatic N) is 1. The van der Waals surface area contributed by atoms with Crippen LogP contribution in [0.3, 0.4) is 0 Å². The molecule has 0 aromatic carbocycles. The van der Waals surface area contributed by atoms with Crippen molar-refractivity contribution >= 4 is 5.97 Å². The van der Waals surface area contributed by atoms with E-state index in [2.05, 4.69) is 47.9 Å². The summed E-state index contributed by atoms with van der Waals surface area (Å²) in [5, 5.41) is 3.41. The van der Waals surface area contributed by atoms with E-state index in [1.807, 2.05) is 6.07 Å². The molecule has 0 radical (unpaired) electrons. The molecule has 108 valence electrons. The molecule has 19 heavy (non-hydrogen) atoms. The van der Waals surface area contributed by atoms with Crippen LogP contribution in [0, 0.1) is 5.41 Å². The van der Waals surface area contributed by atoms with Crippen LogP contribution in [0.2, 0.25) is 0 Å². The predicted molar refractivity (Wildman–Crippen MR) is 76.2 cm³/mol. The van der Waals surface area contributed by atoms with Gasteiger partial charge in [0.1, 0.15) is 5.69 Å². The third-order valence-electron chi connectivity index (χ3n) is 2.81.